The molecule has 0 atom stereocenters. The lowest BCUT2D eigenvalue weighted by molar-refractivity contribution is 0.0692. The van der Waals surface area contributed by atoms with Crippen LogP contribution >= 0.6 is 27.7 Å². The molecular weight excluding hydrogens is 334 g/mol. The van der Waals surface area contributed by atoms with Crippen LogP contribution in [0.4, 0.5) is 0 Å². The van der Waals surface area contributed by atoms with E-state index in [1.807, 2.05) is 0 Å². The topological polar surface area (TPSA) is 95.9 Å². The molecule has 0 saturated carbocycles. The van der Waals surface area contributed by atoms with E-state index in [0.717, 1.165) is 11.8 Å². The summed E-state index contributed by atoms with van der Waals surface area (Å²) in [6.45, 7) is 1.69. The first-order valence-corrected chi connectivity index (χ1v) is 6.71. The van der Waals surface area contributed by atoms with E-state index in [2.05, 4.69) is 30.9 Å². The molecule has 0 aliphatic rings. The van der Waals surface area contributed by atoms with E-state index in [0.29, 0.717) is 15.3 Å². The molecule has 0 radical (unpaired) electrons. The van der Waals surface area contributed by atoms with E-state index in [1.54, 1.807) is 6.92 Å². The molecule has 6 nitrogen and oxygen atoms in total. The molecule has 0 aliphatic carbocycles. The number of pyridine rings is 1. The van der Waals surface area contributed by atoms with Crippen LogP contribution in [0.15, 0.2) is 37.8 Å². The number of nitrogens with zero attached hydrogens (tertiary/aromatic N) is 2. The highest BCUT2D eigenvalue weighted by Crippen LogP contribution is 2.27. The lowest BCUT2D eigenvalue weighted by Crippen LogP contribution is -2.08. The smallest absolute Gasteiger partial charge is 0.338 e. The van der Waals surface area contributed by atoms with Crippen molar-refractivity contribution >= 4 is 33.7 Å². The second-order valence-corrected chi connectivity index (χ2v) is 5.50. The zero-order valence-corrected chi connectivity index (χ0v) is 12.1. The van der Waals surface area contributed by atoms with Crippen molar-refractivity contribution < 1.29 is 9.90 Å². The first-order chi connectivity index (χ1) is 8.95. The van der Waals surface area contributed by atoms with Crippen molar-refractivity contribution in [2.45, 2.75) is 17.1 Å². The van der Waals surface area contributed by atoms with Crippen molar-refractivity contribution in [1.29, 1.82) is 0 Å². The molecule has 0 saturated heterocycles. The van der Waals surface area contributed by atoms with Crippen molar-refractivity contribution in [3.63, 3.8) is 0 Å². The van der Waals surface area contributed by atoms with Crippen molar-refractivity contribution in [1.82, 2.24) is 15.0 Å². The number of aromatic amines is 1. The summed E-state index contributed by atoms with van der Waals surface area (Å²) < 4.78 is 0.569. The lowest BCUT2D eigenvalue weighted by atomic mass is 10.3. The van der Waals surface area contributed by atoms with Crippen LogP contribution in [-0.2, 0) is 0 Å². The highest BCUT2D eigenvalue weighted by molar-refractivity contribution is 9.10. The van der Waals surface area contributed by atoms with Crippen molar-refractivity contribution in [2.24, 2.45) is 0 Å². The molecule has 0 fully saturated rings. The Morgan fingerprint density at radius 1 is 1.47 bits per heavy atom. The first-order valence-electron chi connectivity index (χ1n) is 5.10. The molecule has 0 aliphatic heterocycles. The molecule has 0 unspecified atom stereocenters. The zero-order valence-electron chi connectivity index (χ0n) is 9.68. The number of hydrogen-bond acceptors (Lipinski definition) is 5. The van der Waals surface area contributed by atoms with Crippen LogP contribution in [0.3, 0.4) is 0 Å². The van der Waals surface area contributed by atoms with Gasteiger partial charge in [-0.15, -0.1) is 0 Å². The Morgan fingerprint density at radius 3 is 2.84 bits per heavy atom. The van der Waals surface area contributed by atoms with Crippen LogP contribution in [0.5, 0.6) is 0 Å². The van der Waals surface area contributed by atoms with Crippen molar-refractivity contribution in [3.05, 3.63) is 44.4 Å². The Balaban J connectivity index is 2.43. The number of aryl methyl sites for hydroxylation is 1. The van der Waals surface area contributed by atoms with E-state index in [9.17, 15) is 9.59 Å². The molecule has 8 heteroatoms. The quantitative estimate of drug-likeness (QED) is 0.829. The fraction of sp³-hybridized carbons (Fsp3) is 0.0909. The third kappa shape index (κ3) is 3.42. The van der Waals surface area contributed by atoms with Gasteiger partial charge < -0.3 is 10.1 Å². The fourth-order valence-corrected chi connectivity index (χ4v) is 2.57. The number of H-pyrrole nitrogens is 1. The van der Waals surface area contributed by atoms with Crippen molar-refractivity contribution in [3.8, 4) is 0 Å². The van der Waals surface area contributed by atoms with Crippen LogP contribution in [0.25, 0.3) is 0 Å². The number of carboxylic acids is 1. The van der Waals surface area contributed by atoms with Gasteiger partial charge in [0.15, 0.2) is 5.16 Å². The van der Waals surface area contributed by atoms with Gasteiger partial charge in [-0.3, -0.25) is 4.79 Å². The van der Waals surface area contributed by atoms with Gasteiger partial charge in [0, 0.05) is 22.4 Å². The minimum atomic E-state index is -1.09. The Kier molecular flexibility index (Phi) is 4.01. The molecule has 19 heavy (non-hydrogen) atoms. The summed E-state index contributed by atoms with van der Waals surface area (Å²) in [6, 6.07) is 2.81. The van der Waals surface area contributed by atoms with Crippen LogP contribution in [0.2, 0.25) is 0 Å². The van der Waals surface area contributed by atoms with Gasteiger partial charge in [0.25, 0.3) is 5.56 Å². The van der Waals surface area contributed by atoms with E-state index >= 15 is 0 Å². The molecule has 0 bridgehead atoms. The normalized spacial score (nSPS) is 10.4. The highest BCUT2D eigenvalue weighted by atomic mass is 79.9. The number of hydrogen-bond donors (Lipinski definition) is 2. The van der Waals surface area contributed by atoms with Crippen LogP contribution < -0.4 is 5.56 Å². The maximum Gasteiger partial charge on any atom is 0.338 e. The van der Waals surface area contributed by atoms with E-state index in [4.69, 9.17) is 5.11 Å². The SMILES string of the molecule is Cc1cc(=O)[nH]c(Sc2ncc(Br)cc2C(=O)O)n1. The van der Waals surface area contributed by atoms with Gasteiger partial charge in [0.05, 0.1) is 5.56 Å². The number of carbonyl (C=O) groups is 1. The summed E-state index contributed by atoms with van der Waals surface area (Å²) in [5.74, 6) is -1.09. The maximum absolute atomic E-state index is 11.3. The van der Waals surface area contributed by atoms with Gasteiger partial charge in [0.1, 0.15) is 5.03 Å². The predicted octanol–water partition coefficient (Wildman–Crippen LogP) is 2.09. The Hall–Kier alpha value is -1.67. The number of nitrogens with one attached hydrogen (secondary N) is 1. The minimum Gasteiger partial charge on any atom is -0.478 e. The number of carboxylic acid groups (broad SMARTS) is 1. The second kappa shape index (κ2) is 5.54. The molecule has 2 aromatic heterocycles. The lowest BCUT2D eigenvalue weighted by Gasteiger charge is -2.05. The average molecular weight is 342 g/mol. The molecule has 98 valence electrons. The maximum atomic E-state index is 11.3. The summed E-state index contributed by atoms with van der Waals surface area (Å²) in [5, 5.41) is 9.69. The Morgan fingerprint density at radius 2 is 2.21 bits per heavy atom. The fourth-order valence-electron chi connectivity index (χ4n) is 1.35. The van der Waals surface area contributed by atoms with Crippen LogP contribution in [0, 0.1) is 6.92 Å². The summed E-state index contributed by atoms with van der Waals surface area (Å²) in [5.41, 5.74) is 0.313. The molecule has 0 spiro atoms. The molecule has 0 amide bonds. The standard InChI is InChI=1S/C11H8BrN3O3S/c1-5-2-8(16)15-11(14-5)19-9-7(10(17)18)3-6(12)4-13-9/h2-4H,1H3,(H,17,18)(H,14,15,16). The van der Waals surface area contributed by atoms with E-state index in [1.165, 1.54) is 18.3 Å². The summed E-state index contributed by atoms with van der Waals surface area (Å²) >= 11 is 4.16. The summed E-state index contributed by atoms with van der Waals surface area (Å²) in [4.78, 5) is 33.1. The van der Waals surface area contributed by atoms with Gasteiger partial charge in [-0.2, -0.15) is 0 Å². The Labute approximate surface area is 120 Å². The molecule has 2 heterocycles. The van der Waals surface area contributed by atoms with Crippen LogP contribution in [-0.4, -0.2) is 26.0 Å². The molecule has 2 aromatic rings. The number of aromatic carboxylic acids is 1. The minimum absolute atomic E-state index is 0.0449. The first kappa shape index (κ1) is 13.8. The zero-order chi connectivity index (χ0) is 14.0. The van der Waals surface area contributed by atoms with Crippen molar-refractivity contribution in [2.75, 3.05) is 0 Å². The van der Waals surface area contributed by atoms with E-state index in [-0.39, 0.29) is 16.1 Å². The van der Waals surface area contributed by atoms with E-state index < -0.39 is 5.97 Å². The molecular formula is C11H8BrN3O3S. The van der Waals surface area contributed by atoms with Gasteiger partial charge in [-0.25, -0.2) is 14.8 Å². The number of aromatic nitrogens is 3. The highest BCUT2D eigenvalue weighted by Gasteiger charge is 2.14. The second-order valence-electron chi connectivity index (χ2n) is 3.61. The molecule has 0 aromatic carbocycles. The number of rotatable bonds is 3. The molecule has 2 N–H and O–H groups in total. The average Bonchev–Trinajstić information content (AvgIpc) is 2.30. The third-order valence-electron chi connectivity index (χ3n) is 2.09. The predicted molar refractivity (Wildman–Crippen MR) is 72.6 cm³/mol. The monoisotopic (exact) mass is 341 g/mol. The van der Waals surface area contributed by atoms with Gasteiger partial charge in [0.2, 0.25) is 0 Å². The third-order valence-corrected chi connectivity index (χ3v) is 3.43. The van der Waals surface area contributed by atoms with Gasteiger partial charge >= 0.3 is 5.97 Å². The largest absolute Gasteiger partial charge is 0.478 e. The number of halogens is 1. The van der Waals surface area contributed by atoms with Crippen LogP contribution in [0.1, 0.15) is 16.1 Å². The van der Waals surface area contributed by atoms with Gasteiger partial charge in [-0.1, -0.05) is 0 Å². The summed E-state index contributed by atoms with van der Waals surface area (Å²) in [7, 11) is 0. The Bertz CT molecular complexity index is 702. The summed E-state index contributed by atoms with van der Waals surface area (Å²) in [6.07, 6.45) is 1.49. The van der Waals surface area contributed by atoms with Gasteiger partial charge in [-0.05, 0) is 40.7 Å². The molecule has 2 rings (SSSR count).